The van der Waals surface area contributed by atoms with E-state index < -0.39 is 0 Å². The van der Waals surface area contributed by atoms with Gasteiger partial charge in [-0.25, -0.2) is 0 Å². The Bertz CT molecular complexity index is 465. The molecule has 0 aromatic carbocycles. The number of rotatable bonds is 9. The van der Waals surface area contributed by atoms with Crippen LogP contribution in [-0.4, -0.2) is 50.3 Å². The summed E-state index contributed by atoms with van der Waals surface area (Å²) in [5.41, 5.74) is -0.0955. The van der Waals surface area contributed by atoms with E-state index in [0.717, 1.165) is 38.5 Å². The maximum Gasteiger partial charge on any atom is 0.293 e. The molecular weight excluding hydrogens is 380 g/mol. The molecule has 8 heteroatoms. The van der Waals surface area contributed by atoms with Crippen LogP contribution >= 0.6 is 0 Å². The Morgan fingerprint density at radius 2 is 1.28 bits per heavy atom. The number of hydrogen-bond acceptors (Lipinski definition) is 8. The monoisotopic (exact) mass is 414 g/mol. The molecular formula is C21H34O8. The van der Waals surface area contributed by atoms with Crippen molar-refractivity contribution in [1.82, 2.24) is 0 Å². The van der Waals surface area contributed by atoms with E-state index in [1.54, 1.807) is 0 Å². The molecule has 4 fully saturated rings. The first-order valence-electron chi connectivity index (χ1n) is 10.4. The fraction of sp³-hybridized carbons (Fsp3) is 0.810. The predicted molar refractivity (Wildman–Crippen MR) is 104 cm³/mol. The quantitative estimate of drug-likeness (QED) is 0.419. The van der Waals surface area contributed by atoms with Gasteiger partial charge in [0.15, 0.2) is 0 Å². The second kappa shape index (κ2) is 14.8. The van der Waals surface area contributed by atoms with Crippen LogP contribution in [0.2, 0.25) is 0 Å². The van der Waals surface area contributed by atoms with Crippen LogP contribution in [0, 0.1) is 5.92 Å². The molecule has 4 aliphatic rings. The summed E-state index contributed by atoms with van der Waals surface area (Å²) in [6.45, 7) is 4.72. The summed E-state index contributed by atoms with van der Waals surface area (Å²) in [6.07, 6.45) is 13.1. The molecule has 0 bridgehead atoms. The van der Waals surface area contributed by atoms with Crippen molar-refractivity contribution in [3.63, 3.8) is 0 Å². The fourth-order valence-corrected chi connectivity index (χ4v) is 2.61. The second-order valence-corrected chi connectivity index (χ2v) is 7.96. The van der Waals surface area contributed by atoms with Crippen LogP contribution in [0.3, 0.4) is 0 Å². The van der Waals surface area contributed by atoms with Gasteiger partial charge in [-0.1, -0.05) is 6.42 Å². The second-order valence-electron chi connectivity index (χ2n) is 7.96. The summed E-state index contributed by atoms with van der Waals surface area (Å²) >= 11 is 0. The lowest BCUT2D eigenvalue weighted by Crippen LogP contribution is -2.35. The summed E-state index contributed by atoms with van der Waals surface area (Å²) in [5.74, 6) is 0.681. The molecule has 0 spiro atoms. The molecule has 0 aromatic heterocycles. The van der Waals surface area contributed by atoms with Crippen LogP contribution in [-0.2, 0) is 38.1 Å². The molecule has 166 valence electrons. The molecule has 4 saturated carbocycles. The summed E-state index contributed by atoms with van der Waals surface area (Å²) in [7, 11) is 0. The molecule has 0 aromatic rings. The van der Waals surface area contributed by atoms with Gasteiger partial charge in [0.2, 0.25) is 0 Å². The summed E-state index contributed by atoms with van der Waals surface area (Å²) in [6, 6.07) is 0. The third-order valence-electron chi connectivity index (χ3n) is 5.44. The average molecular weight is 414 g/mol. The smallest absolute Gasteiger partial charge is 0.293 e. The highest BCUT2D eigenvalue weighted by atomic mass is 16.5. The van der Waals surface area contributed by atoms with Crippen molar-refractivity contribution >= 4 is 25.9 Å². The third kappa shape index (κ3) is 12.1. The molecule has 0 heterocycles. The van der Waals surface area contributed by atoms with E-state index in [4.69, 9.17) is 4.74 Å². The highest BCUT2D eigenvalue weighted by Gasteiger charge is 2.33. The maximum absolute atomic E-state index is 9.79. The van der Waals surface area contributed by atoms with Gasteiger partial charge in [-0.3, -0.25) is 19.2 Å². The first kappa shape index (κ1) is 24.9. The molecule has 0 unspecified atom stereocenters. The molecule has 0 atom stereocenters. The molecule has 0 saturated heterocycles. The molecule has 29 heavy (non-hydrogen) atoms. The van der Waals surface area contributed by atoms with Crippen LogP contribution in [0.1, 0.15) is 77.6 Å². The summed E-state index contributed by atoms with van der Waals surface area (Å²) < 4.78 is 18.4. The lowest BCUT2D eigenvalue weighted by Gasteiger charge is -2.35. The van der Waals surface area contributed by atoms with Crippen molar-refractivity contribution in [2.24, 2.45) is 5.92 Å². The lowest BCUT2D eigenvalue weighted by molar-refractivity contribution is -0.150. The number of ether oxygens (including phenoxy) is 4. The number of carbonyl (C=O) groups excluding carboxylic acids is 4. The van der Waals surface area contributed by atoms with Crippen molar-refractivity contribution in [2.45, 2.75) is 95.4 Å². The molecule has 4 rings (SSSR count). The van der Waals surface area contributed by atoms with Crippen molar-refractivity contribution < 1.29 is 38.1 Å². The van der Waals surface area contributed by atoms with Crippen LogP contribution in [0.4, 0.5) is 0 Å². The average Bonchev–Trinajstić information content (AvgIpc) is 3.42. The van der Waals surface area contributed by atoms with Crippen LogP contribution in [0.15, 0.2) is 0 Å². The molecule has 0 N–H and O–H groups in total. The molecule has 0 aliphatic heterocycles. The summed E-state index contributed by atoms with van der Waals surface area (Å²) in [4.78, 5) is 38.4. The normalized spacial score (nSPS) is 21.0. The van der Waals surface area contributed by atoms with E-state index in [1.807, 2.05) is 6.92 Å². The fourth-order valence-electron chi connectivity index (χ4n) is 2.61. The van der Waals surface area contributed by atoms with E-state index in [9.17, 15) is 19.2 Å². The minimum atomic E-state index is -0.0955. The molecule has 4 aliphatic carbocycles. The standard InChI is InChI=1S/2C6H10O2.C5H8O2.C4H6O2/c1-6(8-5-7)3-2-4-6;7-5-8-4-6-2-1-3-6;6-4-7-5-2-1-3-5;5-3-6-4-1-2-4/h5H,2-4H2,1H3;5-6H,1-4H2;4-5H,1-3H2;3-4H,1-2H2. The first-order valence-corrected chi connectivity index (χ1v) is 10.4. The number of hydrogen-bond donors (Lipinski definition) is 0. The highest BCUT2D eigenvalue weighted by Crippen LogP contribution is 2.33. The zero-order valence-corrected chi connectivity index (χ0v) is 17.3. The van der Waals surface area contributed by atoms with Gasteiger partial charge < -0.3 is 18.9 Å². The van der Waals surface area contributed by atoms with Crippen molar-refractivity contribution in [2.75, 3.05) is 6.61 Å². The zero-order chi connectivity index (χ0) is 21.4. The third-order valence-corrected chi connectivity index (χ3v) is 5.44. The van der Waals surface area contributed by atoms with Gasteiger partial charge in [-0.2, -0.15) is 0 Å². The van der Waals surface area contributed by atoms with E-state index in [2.05, 4.69) is 14.2 Å². The Kier molecular flexibility index (Phi) is 12.7. The molecule has 8 nitrogen and oxygen atoms in total. The van der Waals surface area contributed by atoms with Crippen LogP contribution < -0.4 is 0 Å². The predicted octanol–water partition coefficient (Wildman–Crippen LogP) is 3.10. The first-order chi connectivity index (χ1) is 14.1. The van der Waals surface area contributed by atoms with Crippen LogP contribution in [0.5, 0.6) is 0 Å². The Hall–Kier alpha value is -2.12. The van der Waals surface area contributed by atoms with Gasteiger partial charge in [0.05, 0.1) is 6.61 Å². The largest absolute Gasteiger partial charge is 0.468 e. The Morgan fingerprint density at radius 1 is 0.724 bits per heavy atom. The van der Waals surface area contributed by atoms with E-state index in [1.165, 1.54) is 32.1 Å². The van der Waals surface area contributed by atoms with Gasteiger partial charge >= 0.3 is 0 Å². The minimum Gasteiger partial charge on any atom is -0.468 e. The van der Waals surface area contributed by atoms with E-state index in [-0.39, 0.29) is 17.8 Å². The SMILES string of the molecule is CC1(OC=O)CCC1.O=COC1CC1.O=COC1CCC1.O=COCC1CCC1. The Balaban J connectivity index is 0.000000194. The zero-order valence-electron chi connectivity index (χ0n) is 17.3. The van der Waals surface area contributed by atoms with Gasteiger partial charge in [0.25, 0.3) is 25.9 Å². The topological polar surface area (TPSA) is 105 Å². The van der Waals surface area contributed by atoms with Crippen molar-refractivity contribution in [3.8, 4) is 0 Å². The van der Waals surface area contributed by atoms with Gasteiger partial charge in [0.1, 0.15) is 17.8 Å². The van der Waals surface area contributed by atoms with Gasteiger partial charge in [-0.05, 0) is 77.0 Å². The van der Waals surface area contributed by atoms with Gasteiger partial charge in [-0.15, -0.1) is 0 Å². The molecule has 0 amide bonds. The highest BCUT2D eigenvalue weighted by molar-refractivity contribution is 5.38. The van der Waals surface area contributed by atoms with E-state index >= 15 is 0 Å². The van der Waals surface area contributed by atoms with Crippen molar-refractivity contribution in [1.29, 1.82) is 0 Å². The Labute approximate surface area is 172 Å². The van der Waals surface area contributed by atoms with E-state index in [0.29, 0.717) is 38.4 Å². The van der Waals surface area contributed by atoms with Crippen LogP contribution in [0.25, 0.3) is 0 Å². The lowest BCUT2D eigenvalue weighted by atomic mass is 9.82. The summed E-state index contributed by atoms with van der Waals surface area (Å²) in [5, 5.41) is 0. The van der Waals surface area contributed by atoms with Crippen molar-refractivity contribution in [3.05, 3.63) is 0 Å². The maximum atomic E-state index is 9.79. The minimum absolute atomic E-state index is 0.0955. The Morgan fingerprint density at radius 3 is 1.48 bits per heavy atom. The molecule has 0 radical (unpaired) electrons. The number of carbonyl (C=O) groups is 4. The van der Waals surface area contributed by atoms with Gasteiger partial charge in [0, 0.05) is 0 Å².